The Labute approximate surface area is 142 Å². The average Bonchev–Trinajstić information content (AvgIpc) is 2.52. The molecule has 0 saturated carbocycles. The van der Waals surface area contributed by atoms with Gasteiger partial charge in [-0.25, -0.2) is 15.4 Å². The number of aromatic nitrogens is 2. The molecule has 124 valence electrons. The normalized spacial score (nSPS) is 10.8. The number of hydrogen-bond donors (Lipinski definition) is 1. The molecule has 8 nitrogen and oxygen atoms in total. The van der Waals surface area contributed by atoms with Gasteiger partial charge in [0.25, 0.3) is 11.6 Å². The maximum Gasteiger partial charge on any atom is 0.270 e. The highest BCUT2D eigenvalue weighted by molar-refractivity contribution is 7.99. The average molecular weight is 345 g/mol. The van der Waals surface area contributed by atoms with Crippen molar-refractivity contribution in [2.45, 2.75) is 19.0 Å². The van der Waals surface area contributed by atoms with E-state index in [-0.39, 0.29) is 17.3 Å². The van der Waals surface area contributed by atoms with Crippen molar-refractivity contribution in [2.75, 3.05) is 5.75 Å². The molecule has 9 heteroatoms. The van der Waals surface area contributed by atoms with Gasteiger partial charge in [0, 0.05) is 29.1 Å². The molecule has 0 atom stereocenters. The van der Waals surface area contributed by atoms with Crippen LogP contribution in [0.5, 0.6) is 0 Å². The Bertz CT molecular complexity index is 774. The van der Waals surface area contributed by atoms with Crippen LogP contribution in [0.2, 0.25) is 0 Å². The Morgan fingerprint density at radius 1 is 1.33 bits per heavy atom. The number of hydrogen-bond acceptors (Lipinski definition) is 7. The van der Waals surface area contributed by atoms with Gasteiger partial charge in [-0.15, -0.1) is 0 Å². The standard InChI is InChI=1S/C15H15N5O3S/c1-10-6-11(2)18-15(17-10)24-9-14(21)19-16-8-12-4-3-5-13(7-12)20(22)23/h3-8H,9H2,1-2H3,(H,19,21)/b16-8-. The number of rotatable bonds is 6. The lowest BCUT2D eigenvalue weighted by molar-refractivity contribution is -0.384. The molecule has 1 amide bonds. The van der Waals surface area contributed by atoms with Crippen LogP contribution in [0, 0.1) is 24.0 Å². The highest BCUT2D eigenvalue weighted by Crippen LogP contribution is 2.13. The summed E-state index contributed by atoms with van der Waals surface area (Å²) in [6.45, 7) is 3.73. The van der Waals surface area contributed by atoms with Crippen LogP contribution in [0.15, 0.2) is 40.6 Å². The molecule has 24 heavy (non-hydrogen) atoms. The number of nitro groups is 1. The van der Waals surface area contributed by atoms with Gasteiger partial charge in [-0.1, -0.05) is 23.9 Å². The van der Waals surface area contributed by atoms with Gasteiger partial charge < -0.3 is 0 Å². The summed E-state index contributed by atoms with van der Waals surface area (Å²) in [7, 11) is 0. The fourth-order valence-electron chi connectivity index (χ4n) is 1.82. The van der Waals surface area contributed by atoms with Crippen LogP contribution >= 0.6 is 11.8 Å². The monoisotopic (exact) mass is 345 g/mol. The van der Waals surface area contributed by atoms with Gasteiger partial charge in [0.15, 0.2) is 5.16 Å². The first-order chi connectivity index (χ1) is 11.4. The Hall–Kier alpha value is -2.81. The van der Waals surface area contributed by atoms with Gasteiger partial charge in [-0.3, -0.25) is 14.9 Å². The number of carbonyl (C=O) groups is 1. The lowest BCUT2D eigenvalue weighted by Gasteiger charge is -2.02. The van der Waals surface area contributed by atoms with Gasteiger partial charge in [-0.2, -0.15) is 5.10 Å². The van der Waals surface area contributed by atoms with E-state index in [0.717, 1.165) is 11.4 Å². The molecule has 0 fully saturated rings. The molecule has 0 radical (unpaired) electrons. The van der Waals surface area contributed by atoms with Crippen molar-refractivity contribution in [1.29, 1.82) is 0 Å². The first-order valence-corrected chi connectivity index (χ1v) is 7.94. The quantitative estimate of drug-likeness (QED) is 0.283. The summed E-state index contributed by atoms with van der Waals surface area (Å²) in [6.07, 6.45) is 1.35. The molecule has 0 unspecified atom stereocenters. The predicted molar refractivity (Wildman–Crippen MR) is 91.1 cm³/mol. The number of non-ortho nitro benzene ring substituents is 1. The van der Waals surface area contributed by atoms with Gasteiger partial charge in [0.05, 0.1) is 16.9 Å². The first-order valence-electron chi connectivity index (χ1n) is 6.95. The third-order valence-corrected chi connectivity index (χ3v) is 3.63. The second kappa shape index (κ2) is 8.16. The van der Waals surface area contributed by atoms with Gasteiger partial charge in [0.2, 0.25) is 0 Å². The molecule has 0 spiro atoms. The van der Waals surface area contributed by atoms with E-state index in [0.29, 0.717) is 10.7 Å². The molecular weight excluding hydrogens is 330 g/mol. The van der Waals surface area contributed by atoms with Crippen molar-refractivity contribution >= 4 is 29.6 Å². The van der Waals surface area contributed by atoms with Crippen LogP contribution in [-0.4, -0.2) is 32.8 Å². The molecule has 0 saturated heterocycles. The lowest BCUT2D eigenvalue weighted by Crippen LogP contribution is -2.19. The summed E-state index contributed by atoms with van der Waals surface area (Å²) in [5, 5.41) is 15.0. The predicted octanol–water partition coefficient (Wildman–Crippen LogP) is 2.24. The Morgan fingerprint density at radius 3 is 2.71 bits per heavy atom. The molecule has 2 aromatic rings. The van der Waals surface area contributed by atoms with Crippen LogP contribution in [0.25, 0.3) is 0 Å². The number of carbonyl (C=O) groups excluding carboxylic acids is 1. The van der Waals surface area contributed by atoms with E-state index in [1.807, 2.05) is 19.9 Å². The smallest absolute Gasteiger partial charge is 0.270 e. The minimum atomic E-state index is -0.490. The Morgan fingerprint density at radius 2 is 2.04 bits per heavy atom. The zero-order chi connectivity index (χ0) is 17.5. The van der Waals surface area contributed by atoms with Crippen molar-refractivity contribution in [2.24, 2.45) is 5.10 Å². The minimum Gasteiger partial charge on any atom is -0.272 e. The number of thioether (sulfide) groups is 1. The van der Waals surface area contributed by atoms with E-state index >= 15 is 0 Å². The highest BCUT2D eigenvalue weighted by Gasteiger charge is 2.06. The zero-order valence-corrected chi connectivity index (χ0v) is 13.9. The number of amides is 1. The maximum absolute atomic E-state index is 11.7. The van der Waals surface area contributed by atoms with E-state index < -0.39 is 4.92 Å². The molecule has 0 aliphatic carbocycles. The fraction of sp³-hybridized carbons (Fsp3) is 0.200. The molecular formula is C15H15N5O3S. The van der Waals surface area contributed by atoms with Crippen LogP contribution in [0.1, 0.15) is 17.0 Å². The topological polar surface area (TPSA) is 110 Å². The van der Waals surface area contributed by atoms with Crippen molar-refractivity contribution in [3.63, 3.8) is 0 Å². The van der Waals surface area contributed by atoms with E-state index in [1.165, 1.54) is 30.1 Å². The summed E-state index contributed by atoms with van der Waals surface area (Å²) in [5.41, 5.74) is 4.54. The number of benzene rings is 1. The van der Waals surface area contributed by atoms with Gasteiger partial charge in [-0.05, 0) is 19.9 Å². The third-order valence-electron chi connectivity index (χ3n) is 2.78. The summed E-state index contributed by atoms with van der Waals surface area (Å²) < 4.78 is 0. The summed E-state index contributed by atoms with van der Waals surface area (Å²) in [4.78, 5) is 30.4. The Kier molecular flexibility index (Phi) is 5.96. The van der Waals surface area contributed by atoms with E-state index in [1.54, 1.807) is 12.1 Å². The zero-order valence-electron chi connectivity index (χ0n) is 13.1. The summed E-state index contributed by atoms with van der Waals surface area (Å²) in [5.74, 6) is -0.195. The van der Waals surface area contributed by atoms with E-state index in [4.69, 9.17) is 0 Å². The molecule has 1 aromatic carbocycles. The van der Waals surface area contributed by atoms with Crippen LogP contribution in [-0.2, 0) is 4.79 Å². The second-order valence-corrected chi connectivity index (χ2v) is 5.81. The molecule has 1 aromatic heterocycles. The highest BCUT2D eigenvalue weighted by atomic mass is 32.2. The molecule has 0 aliphatic rings. The first kappa shape index (κ1) is 17.5. The SMILES string of the molecule is Cc1cc(C)nc(SCC(=O)N/N=C\c2cccc([N+](=O)[O-])c2)n1. The van der Waals surface area contributed by atoms with E-state index in [9.17, 15) is 14.9 Å². The van der Waals surface area contributed by atoms with Crippen molar-refractivity contribution in [3.05, 3.63) is 57.4 Å². The molecule has 1 heterocycles. The minimum absolute atomic E-state index is 0.0344. The number of nitrogens with zero attached hydrogens (tertiary/aromatic N) is 4. The second-order valence-electron chi connectivity index (χ2n) is 4.87. The van der Waals surface area contributed by atoms with Gasteiger partial charge >= 0.3 is 0 Å². The molecule has 0 bridgehead atoms. The Balaban J connectivity index is 1.86. The lowest BCUT2D eigenvalue weighted by atomic mass is 10.2. The van der Waals surface area contributed by atoms with Crippen molar-refractivity contribution in [1.82, 2.24) is 15.4 Å². The number of hydrazone groups is 1. The number of nitrogens with one attached hydrogen (secondary N) is 1. The van der Waals surface area contributed by atoms with Crippen molar-refractivity contribution < 1.29 is 9.72 Å². The third kappa shape index (κ3) is 5.43. The maximum atomic E-state index is 11.7. The molecule has 1 N–H and O–H groups in total. The summed E-state index contributed by atoms with van der Waals surface area (Å²) in [6, 6.07) is 7.81. The molecule has 0 aliphatic heterocycles. The van der Waals surface area contributed by atoms with Crippen molar-refractivity contribution in [3.8, 4) is 0 Å². The fourth-order valence-corrected chi connectivity index (χ4v) is 2.56. The van der Waals surface area contributed by atoms with Gasteiger partial charge in [0.1, 0.15) is 0 Å². The van der Waals surface area contributed by atoms with Crippen LogP contribution in [0.3, 0.4) is 0 Å². The van der Waals surface area contributed by atoms with Crippen LogP contribution in [0.4, 0.5) is 5.69 Å². The number of nitro benzene ring substituents is 1. The summed E-state index contributed by atoms with van der Waals surface area (Å²) >= 11 is 1.21. The number of aryl methyl sites for hydroxylation is 2. The molecule has 2 rings (SSSR count). The largest absolute Gasteiger partial charge is 0.272 e. The van der Waals surface area contributed by atoms with E-state index in [2.05, 4.69) is 20.5 Å². The van der Waals surface area contributed by atoms with Crippen LogP contribution < -0.4 is 5.43 Å².